The Hall–Kier alpha value is -5.20. The fourth-order valence-electron chi connectivity index (χ4n) is 6.69. The van der Waals surface area contributed by atoms with Gasteiger partial charge in [-0.1, -0.05) is 173 Å². The molecule has 0 aromatic heterocycles. The van der Waals surface area contributed by atoms with Gasteiger partial charge in [-0.2, -0.15) is 0 Å². The molecule has 0 unspecified atom stereocenters. The molecule has 0 nitrogen and oxygen atoms in total. The second-order valence-electron chi connectivity index (χ2n) is 10.9. The van der Waals surface area contributed by atoms with Crippen molar-refractivity contribution in [3.05, 3.63) is 157 Å². The van der Waals surface area contributed by atoms with E-state index >= 15 is 0 Å². The summed E-state index contributed by atoms with van der Waals surface area (Å²) in [4.78, 5) is 0. The van der Waals surface area contributed by atoms with Crippen molar-refractivity contribution < 1.29 is 0 Å². The van der Waals surface area contributed by atoms with Crippen molar-refractivity contribution in [2.45, 2.75) is 28.2 Å². The van der Waals surface area contributed by atoms with Gasteiger partial charge in [-0.05, 0) is 89.0 Å². The maximum Gasteiger partial charge on any atom is -0.00201 e. The van der Waals surface area contributed by atoms with Crippen molar-refractivity contribution in [1.29, 1.82) is 0 Å². The van der Waals surface area contributed by atoms with Gasteiger partial charge in [-0.15, -0.1) is 0 Å². The number of aryl methyl sites for hydroxylation is 1. The summed E-state index contributed by atoms with van der Waals surface area (Å²) < 4.78 is 0. The Labute approximate surface area is 261 Å². The fourth-order valence-corrected chi connectivity index (χ4v) is 6.69. The summed E-state index contributed by atoms with van der Waals surface area (Å²) >= 11 is 0. The maximum atomic E-state index is 2.30. The summed E-state index contributed by atoms with van der Waals surface area (Å²) in [5.74, 6) is 0. The van der Waals surface area contributed by atoms with Crippen molar-refractivity contribution in [2.75, 3.05) is 0 Å². The molecule has 214 valence electrons. The Balaban J connectivity index is 0.00000112. The molecule has 0 heteroatoms. The predicted molar refractivity (Wildman–Crippen MR) is 196 cm³/mol. The molecule has 0 N–H and O–H groups in total. The SMILES string of the molecule is C.CC.Cc1ccc(-c2ccc(-c3c4ccccc4c(-c4cccc5ccccc45)c4ccccc34)cc2)c2ccccc12. The molecule has 8 rings (SSSR count). The Morgan fingerprint density at radius 3 is 1.39 bits per heavy atom. The summed E-state index contributed by atoms with van der Waals surface area (Å²) in [6.45, 7) is 6.19. The van der Waals surface area contributed by atoms with Crippen LogP contribution in [0.15, 0.2) is 152 Å². The highest BCUT2D eigenvalue weighted by Crippen LogP contribution is 2.45. The van der Waals surface area contributed by atoms with Crippen molar-refractivity contribution in [2.24, 2.45) is 0 Å². The van der Waals surface area contributed by atoms with Gasteiger partial charge < -0.3 is 0 Å². The van der Waals surface area contributed by atoms with Gasteiger partial charge >= 0.3 is 0 Å². The van der Waals surface area contributed by atoms with E-state index in [9.17, 15) is 0 Å². The quantitative estimate of drug-likeness (QED) is 0.187. The maximum absolute atomic E-state index is 2.30. The molecule has 0 heterocycles. The summed E-state index contributed by atoms with van der Waals surface area (Å²) in [7, 11) is 0. The molecular formula is C44H38. The molecule has 0 saturated carbocycles. The summed E-state index contributed by atoms with van der Waals surface area (Å²) in [6, 6.07) is 55.6. The molecule has 0 saturated heterocycles. The van der Waals surface area contributed by atoms with E-state index in [2.05, 4.69) is 159 Å². The highest BCUT2D eigenvalue weighted by Gasteiger charge is 2.18. The first-order valence-electron chi connectivity index (χ1n) is 15.3. The predicted octanol–water partition coefficient (Wildman–Crippen LogP) is 13.3. The zero-order valence-electron chi connectivity index (χ0n) is 24.9. The topological polar surface area (TPSA) is 0 Å². The monoisotopic (exact) mass is 566 g/mol. The van der Waals surface area contributed by atoms with Gasteiger partial charge in [0.05, 0.1) is 0 Å². The third-order valence-corrected chi connectivity index (χ3v) is 8.62. The van der Waals surface area contributed by atoms with Crippen LogP contribution in [-0.4, -0.2) is 0 Å². The molecule has 0 atom stereocenters. The summed E-state index contributed by atoms with van der Waals surface area (Å²) in [5.41, 5.74) is 8.94. The zero-order valence-corrected chi connectivity index (χ0v) is 24.9. The van der Waals surface area contributed by atoms with Crippen LogP contribution in [0.5, 0.6) is 0 Å². The number of benzene rings is 8. The largest absolute Gasteiger partial charge is 0.0776 e. The van der Waals surface area contributed by atoms with Crippen LogP contribution in [0.2, 0.25) is 0 Å². The van der Waals surface area contributed by atoms with Crippen LogP contribution >= 0.6 is 0 Å². The van der Waals surface area contributed by atoms with Crippen molar-refractivity contribution in [1.82, 2.24) is 0 Å². The van der Waals surface area contributed by atoms with E-state index < -0.39 is 0 Å². The van der Waals surface area contributed by atoms with Gasteiger partial charge in [0.2, 0.25) is 0 Å². The van der Waals surface area contributed by atoms with Crippen LogP contribution in [0.1, 0.15) is 26.8 Å². The molecule has 44 heavy (non-hydrogen) atoms. The smallest absolute Gasteiger partial charge is 0.00201 e. The van der Waals surface area contributed by atoms with E-state index in [1.807, 2.05) is 13.8 Å². The van der Waals surface area contributed by atoms with Gasteiger partial charge in [-0.3, -0.25) is 0 Å². The molecule has 0 bridgehead atoms. The average Bonchev–Trinajstić information content (AvgIpc) is 3.08. The zero-order chi connectivity index (χ0) is 29.3. The lowest BCUT2D eigenvalue weighted by Gasteiger charge is -2.19. The Kier molecular flexibility index (Phi) is 8.01. The molecular weight excluding hydrogens is 528 g/mol. The van der Waals surface area contributed by atoms with E-state index in [4.69, 9.17) is 0 Å². The number of rotatable bonds is 3. The van der Waals surface area contributed by atoms with Gasteiger partial charge in [0, 0.05) is 0 Å². The normalized spacial score (nSPS) is 10.9. The molecule has 8 aromatic carbocycles. The van der Waals surface area contributed by atoms with E-state index in [-0.39, 0.29) is 7.43 Å². The lowest BCUT2D eigenvalue weighted by atomic mass is 9.84. The minimum absolute atomic E-state index is 0. The van der Waals surface area contributed by atoms with Crippen LogP contribution in [0.4, 0.5) is 0 Å². The first-order chi connectivity index (χ1) is 21.3. The molecule has 0 aliphatic rings. The first-order valence-corrected chi connectivity index (χ1v) is 15.3. The summed E-state index contributed by atoms with van der Waals surface area (Å²) in [6.07, 6.45) is 0. The molecule has 0 radical (unpaired) electrons. The second kappa shape index (κ2) is 12.2. The molecule has 8 aromatic rings. The van der Waals surface area contributed by atoms with Crippen molar-refractivity contribution >= 4 is 43.1 Å². The van der Waals surface area contributed by atoms with Gasteiger partial charge in [-0.25, -0.2) is 0 Å². The number of hydrogen-bond donors (Lipinski definition) is 0. The van der Waals surface area contributed by atoms with E-state index in [1.165, 1.54) is 82.0 Å². The lowest BCUT2D eigenvalue weighted by molar-refractivity contribution is 1.50. The van der Waals surface area contributed by atoms with Crippen LogP contribution < -0.4 is 0 Å². The number of fused-ring (bicyclic) bond motifs is 4. The van der Waals surface area contributed by atoms with Crippen molar-refractivity contribution in [3.63, 3.8) is 0 Å². The third kappa shape index (κ3) is 4.74. The standard InChI is InChI=1S/C41H28.C2H6.CH4/c1-27-21-26-33(34-15-5-4-13-31(27)34)29-22-24-30(25-23-29)40-36-16-6-8-18-38(36)41(39-19-9-7-17-37(39)40)35-20-10-12-28-11-2-3-14-32(28)35;1-2;/h2-26H,1H3;1-2H3;1H4. The Morgan fingerprint density at radius 2 is 0.773 bits per heavy atom. The molecule has 0 fully saturated rings. The van der Waals surface area contributed by atoms with Gasteiger partial charge in [0.15, 0.2) is 0 Å². The van der Waals surface area contributed by atoms with E-state index in [1.54, 1.807) is 0 Å². The van der Waals surface area contributed by atoms with Crippen LogP contribution in [-0.2, 0) is 0 Å². The molecule has 0 aliphatic carbocycles. The highest BCUT2D eigenvalue weighted by molar-refractivity contribution is 6.23. The number of hydrogen-bond acceptors (Lipinski definition) is 0. The fraction of sp³-hybridized carbons (Fsp3) is 0.0909. The Bertz CT molecular complexity index is 2190. The minimum atomic E-state index is 0. The van der Waals surface area contributed by atoms with Gasteiger partial charge in [0.25, 0.3) is 0 Å². The molecule has 0 spiro atoms. The minimum Gasteiger partial charge on any atom is -0.0776 e. The molecule has 0 amide bonds. The van der Waals surface area contributed by atoms with Crippen molar-refractivity contribution in [3.8, 4) is 33.4 Å². The lowest BCUT2D eigenvalue weighted by Crippen LogP contribution is -1.91. The van der Waals surface area contributed by atoms with Crippen LogP contribution in [0, 0.1) is 6.92 Å². The van der Waals surface area contributed by atoms with Crippen LogP contribution in [0.25, 0.3) is 76.5 Å². The summed E-state index contributed by atoms with van der Waals surface area (Å²) in [5, 5.41) is 10.3. The third-order valence-electron chi connectivity index (χ3n) is 8.62. The Morgan fingerprint density at radius 1 is 0.318 bits per heavy atom. The van der Waals surface area contributed by atoms with Crippen LogP contribution in [0.3, 0.4) is 0 Å². The molecule has 0 aliphatic heterocycles. The highest BCUT2D eigenvalue weighted by atomic mass is 14.2. The van der Waals surface area contributed by atoms with Gasteiger partial charge in [0.1, 0.15) is 0 Å². The second-order valence-corrected chi connectivity index (χ2v) is 10.9. The average molecular weight is 567 g/mol. The van der Waals surface area contributed by atoms with E-state index in [0.29, 0.717) is 0 Å². The first kappa shape index (κ1) is 28.9. The van der Waals surface area contributed by atoms with E-state index in [0.717, 1.165) is 0 Å².